The number of nitrogens with zero attached hydrogens (tertiary/aromatic N) is 1. The summed E-state index contributed by atoms with van der Waals surface area (Å²) >= 11 is 0. The molecule has 2 atom stereocenters. The molecule has 0 unspecified atom stereocenters. The number of rotatable bonds is 11. The van der Waals surface area contributed by atoms with Crippen LogP contribution in [0.5, 0.6) is 11.5 Å². The Morgan fingerprint density at radius 3 is 2.45 bits per heavy atom. The number of nitrogens with one attached hydrogen (secondary N) is 2. The molecule has 0 radical (unpaired) electrons. The second-order valence-corrected chi connectivity index (χ2v) is 9.59. The van der Waals surface area contributed by atoms with Gasteiger partial charge in [-0.1, -0.05) is 12.1 Å². The van der Waals surface area contributed by atoms with Gasteiger partial charge < -0.3 is 29.3 Å². The molecule has 4 rings (SSSR count). The van der Waals surface area contributed by atoms with E-state index in [4.69, 9.17) is 18.6 Å². The number of furan rings is 1. The molecular formula is C30H35N3O7. The van der Waals surface area contributed by atoms with E-state index in [1.807, 2.05) is 26.0 Å². The Balaban J connectivity index is 1.73. The molecule has 0 spiro atoms. The second-order valence-electron chi connectivity index (χ2n) is 9.59. The van der Waals surface area contributed by atoms with Crippen LogP contribution in [0.4, 0.5) is 5.69 Å². The predicted octanol–water partition coefficient (Wildman–Crippen LogP) is 3.71. The van der Waals surface area contributed by atoms with Crippen molar-refractivity contribution in [2.45, 2.75) is 38.8 Å². The van der Waals surface area contributed by atoms with E-state index in [1.54, 1.807) is 30.3 Å². The number of aryl methyl sites for hydroxylation is 2. The number of ether oxygens (including phenoxy) is 3. The minimum Gasteiger partial charge on any atom is -0.493 e. The SMILES string of the molecule is COc1ccc([C@H](C(=O)NC[C@@H]2CCCO2)N(C(=O)CNC(=O)c2ccco2)c2ccc(C)c(C)c2)cc1OC. The quantitative estimate of drug-likeness (QED) is 0.374. The number of carbonyl (C=O) groups excluding carboxylic acids is 3. The molecule has 1 saturated heterocycles. The number of methoxy groups -OCH3 is 2. The molecule has 212 valence electrons. The fourth-order valence-electron chi connectivity index (χ4n) is 4.61. The maximum absolute atomic E-state index is 13.9. The summed E-state index contributed by atoms with van der Waals surface area (Å²) < 4.78 is 21.7. The third-order valence-electron chi connectivity index (χ3n) is 6.94. The van der Waals surface area contributed by atoms with Crippen molar-refractivity contribution >= 4 is 23.4 Å². The summed E-state index contributed by atoms with van der Waals surface area (Å²) in [6, 6.07) is 12.6. The van der Waals surface area contributed by atoms with Crippen LogP contribution in [0.2, 0.25) is 0 Å². The lowest BCUT2D eigenvalue weighted by Gasteiger charge is -2.32. The molecule has 0 saturated carbocycles. The van der Waals surface area contributed by atoms with Crippen molar-refractivity contribution in [1.82, 2.24) is 10.6 Å². The maximum Gasteiger partial charge on any atom is 0.287 e. The van der Waals surface area contributed by atoms with E-state index in [0.717, 1.165) is 24.0 Å². The first-order valence-electron chi connectivity index (χ1n) is 13.1. The van der Waals surface area contributed by atoms with Gasteiger partial charge in [0, 0.05) is 18.8 Å². The highest BCUT2D eigenvalue weighted by atomic mass is 16.5. The Bertz CT molecular complexity index is 1330. The standard InChI is InChI=1S/C30H35N3O7/c1-19-9-11-22(15-20(19)2)33(27(34)18-32-29(35)25-8-6-14-40-25)28(30(36)31-17-23-7-5-13-39-23)21-10-12-24(37-3)26(16-21)38-4/h6,8-12,14-16,23,28H,5,7,13,17-18H2,1-4H3,(H,31,36)(H,32,35)/t23-,28+/m0/s1. The van der Waals surface area contributed by atoms with Crippen LogP contribution < -0.4 is 25.0 Å². The van der Waals surface area contributed by atoms with Gasteiger partial charge in [0.15, 0.2) is 17.3 Å². The number of hydrogen-bond donors (Lipinski definition) is 2. The molecule has 0 bridgehead atoms. The first-order chi connectivity index (χ1) is 19.3. The normalized spacial score (nSPS) is 15.2. The van der Waals surface area contributed by atoms with Crippen molar-refractivity contribution in [1.29, 1.82) is 0 Å². The topological polar surface area (TPSA) is 119 Å². The zero-order valence-corrected chi connectivity index (χ0v) is 23.2. The Labute approximate surface area is 233 Å². The molecule has 3 aromatic rings. The minimum absolute atomic E-state index is 0.0799. The molecule has 2 N–H and O–H groups in total. The van der Waals surface area contributed by atoms with Crippen molar-refractivity contribution in [3.8, 4) is 11.5 Å². The number of amides is 3. The number of carbonyl (C=O) groups is 3. The molecule has 0 aliphatic carbocycles. The third-order valence-corrected chi connectivity index (χ3v) is 6.94. The largest absolute Gasteiger partial charge is 0.493 e. The average Bonchev–Trinajstić information content (AvgIpc) is 3.69. The molecule has 40 heavy (non-hydrogen) atoms. The molecule has 1 fully saturated rings. The summed E-state index contributed by atoms with van der Waals surface area (Å²) in [5.41, 5.74) is 2.99. The molecule has 2 heterocycles. The third kappa shape index (κ3) is 6.63. The van der Waals surface area contributed by atoms with Gasteiger partial charge in [0.1, 0.15) is 6.04 Å². The monoisotopic (exact) mass is 549 g/mol. The lowest BCUT2D eigenvalue weighted by molar-refractivity contribution is -0.126. The van der Waals surface area contributed by atoms with Gasteiger partial charge in [-0.25, -0.2) is 0 Å². The first kappa shape index (κ1) is 28.7. The fraction of sp³-hybridized carbons (Fsp3) is 0.367. The van der Waals surface area contributed by atoms with E-state index in [2.05, 4.69) is 10.6 Å². The van der Waals surface area contributed by atoms with E-state index in [9.17, 15) is 14.4 Å². The predicted molar refractivity (Wildman–Crippen MR) is 149 cm³/mol. The number of anilines is 1. The average molecular weight is 550 g/mol. The van der Waals surface area contributed by atoms with E-state index in [0.29, 0.717) is 35.9 Å². The van der Waals surface area contributed by atoms with Crippen LogP contribution in [-0.4, -0.2) is 57.7 Å². The van der Waals surface area contributed by atoms with Gasteiger partial charge in [-0.05, 0) is 79.8 Å². The molecule has 10 nitrogen and oxygen atoms in total. The van der Waals surface area contributed by atoms with Gasteiger partial charge in [-0.15, -0.1) is 0 Å². The van der Waals surface area contributed by atoms with Gasteiger partial charge in [-0.3, -0.25) is 19.3 Å². The van der Waals surface area contributed by atoms with E-state index >= 15 is 0 Å². The Kier molecular flexibility index (Phi) is 9.44. The molecular weight excluding hydrogens is 514 g/mol. The first-order valence-corrected chi connectivity index (χ1v) is 13.1. The lowest BCUT2D eigenvalue weighted by Crippen LogP contribution is -2.48. The van der Waals surface area contributed by atoms with Crippen LogP contribution in [0.15, 0.2) is 59.2 Å². The Morgan fingerprint density at radius 2 is 1.80 bits per heavy atom. The molecule has 2 aromatic carbocycles. The van der Waals surface area contributed by atoms with Crippen LogP contribution in [0.25, 0.3) is 0 Å². The van der Waals surface area contributed by atoms with Crippen LogP contribution in [0.3, 0.4) is 0 Å². The number of benzene rings is 2. The van der Waals surface area contributed by atoms with Gasteiger partial charge in [0.2, 0.25) is 11.8 Å². The summed E-state index contributed by atoms with van der Waals surface area (Å²) in [7, 11) is 3.03. The van der Waals surface area contributed by atoms with Crippen LogP contribution in [0.1, 0.15) is 46.1 Å². The van der Waals surface area contributed by atoms with Crippen molar-refractivity contribution in [3.05, 3.63) is 77.2 Å². The summed E-state index contributed by atoms with van der Waals surface area (Å²) in [5, 5.41) is 5.58. The molecule has 10 heteroatoms. The zero-order chi connectivity index (χ0) is 28.6. The molecule has 3 amide bonds. The van der Waals surface area contributed by atoms with Crippen LogP contribution in [0, 0.1) is 13.8 Å². The maximum atomic E-state index is 13.9. The van der Waals surface area contributed by atoms with Gasteiger partial charge in [0.05, 0.1) is 33.1 Å². The lowest BCUT2D eigenvalue weighted by atomic mass is 10.0. The fourth-order valence-corrected chi connectivity index (χ4v) is 4.61. The van der Waals surface area contributed by atoms with Crippen molar-refractivity contribution < 1.29 is 33.0 Å². The smallest absolute Gasteiger partial charge is 0.287 e. The molecule has 1 aliphatic heterocycles. The highest BCUT2D eigenvalue weighted by Gasteiger charge is 2.34. The zero-order valence-electron chi connectivity index (χ0n) is 23.2. The van der Waals surface area contributed by atoms with Crippen LogP contribution in [-0.2, 0) is 14.3 Å². The van der Waals surface area contributed by atoms with Crippen molar-refractivity contribution in [3.63, 3.8) is 0 Å². The Morgan fingerprint density at radius 1 is 1.00 bits per heavy atom. The molecule has 1 aliphatic rings. The highest BCUT2D eigenvalue weighted by molar-refractivity contribution is 6.04. The van der Waals surface area contributed by atoms with E-state index in [1.165, 1.54) is 31.4 Å². The summed E-state index contributed by atoms with van der Waals surface area (Å²) in [6.45, 7) is 4.50. The van der Waals surface area contributed by atoms with Crippen molar-refractivity contribution in [2.75, 3.05) is 38.8 Å². The van der Waals surface area contributed by atoms with Gasteiger partial charge in [0.25, 0.3) is 5.91 Å². The van der Waals surface area contributed by atoms with E-state index < -0.39 is 23.8 Å². The highest BCUT2D eigenvalue weighted by Crippen LogP contribution is 2.35. The Hall–Kier alpha value is -4.31. The summed E-state index contributed by atoms with van der Waals surface area (Å²) in [6.07, 6.45) is 3.07. The van der Waals surface area contributed by atoms with Crippen LogP contribution >= 0.6 is 0 Å². The van der Waals surface area contributed by atoms with Gasteiger partial charge >= 0.3 is 0 Å². The summed E-state index contributed by atoms with van der Waals surface area (Å²) in [4.78, 5) is 41.8. The van der Waals surface area contributed by atoms with E-state index in [-0.39, 0.29) is 18.4 Å². The summed E-state index contributed by atoms with van der Waals surface area (Å²) in [5.74, 6) is -0.447. The molecule has 1 aromatic heterocycles. The van der Waals surface area contributed by atoms with Crippen molar-refractivity contribution in [2.24, 2.45) is 0 Å². The van der Waals surface area contributed by atoms with Gasteiger partial charge in [-0.2, -0.15) is 0 Å². The second kappa shape index (κ2) is 13.2. The minimum atomic E-state index is -1.09. The number of hydrogen-bond acceptors (Lipinski definition) is 7.